The maximum absolute atomic E-state index is 12.8. The number of aromatic nitrogens is 1. The summed E-state index contributed by atoms with van der Waals surface area (Å²) in [5, 5.41) is 0. The van der Waals surface area contributed by atoms with E-state index in [9.17, 15) is 9.59 Å². The molecule has 5 nitrogen and oxygen atoms in total. The standard InChI is InChI=1S/C22H21NO4/c1-15-11-18(24)12-16(2)23(15)14-20(25)17-9-10-21(26-3)22(13-17)27-19-7-5-4-6-8-19/h4-13H,14H2,1-3H3. The van der Waals surface area contributed by atoms with E-state index in [-0.39, 0.29) is 17.8 Å². The van der Waals surface area contributed by atoms with Crippen molar-refractivity contribution in [2.24, 2.45) is 0 Å². The Balaban J connectivity index is 1.89. The topological polar surface area (TPSA) is 57.5 Å². The molecule has 0 aliphatic rings. The van der Waals surface area contributed by atoms with Gasteiger partial charge in [0.05, 0.1) is 13.7 Å². The second-order valence-corrected chi connectivity index (χ2v) is 6.26. The Morgan fingerprint density at radius 2 is 1.59 bits per heavy atom. The molecule has 3 rings (SSSR count). The number of nitrogens with zero attached hydrogens (tertiary/aromatic N) is 1. The van der Waals surface area contributed by atoms with E-state index in [1.165, 1.54) is 12.1 Å². The van der Waals surface area contributed by atoms with Gasteiger partial charge in [0.15, 0.2) is 22.7 Å². The van der Waals surface area contributed by atoms with Crippen molar-refractivity contribution in [3.8, 4) is 17.2 Å². The van der Waals surface area contributed by atoms with Gasteiger partial charge in [-0.1, -0.05) is 18.2 Å². The molecule has 0 N–H and O–H groups in total. The van der Waals surface area contributed by atoms with E-state index in [0.717, 1.165) is 11.4 Å². The number of aryl methyl sites for hydroxylation is 2. The van der Waals surface area contributed by atoms with Crippen LogP contribution in [0.3, 0.4) is 0 Å². The highest BCUT2D eigenvalue weighted by Gasteiger charge is 2.14. The van der Waals surface area contributed by atoms with E-state index >= 15 is 0 Å². The number of hydrogen-bond donors (Lipinski definition) is 0. The summed E-state index contributed by atoms with van der Waals surface area (Å²) >= 11 is 0. The molecule has 27 heavy (non-hydrogen) atoms. The first-order valence-corrected chi connectivity index (χ1v) is 8.60. The first-order chi connectivity index (χ1) is 13.0. The second kappa shape index (κ2) is 7.91. The molecule has 0 atom stereocenters. The van der Waals surface area contributed by atoms with Crippen molar-refractivity contribution in [2.75, 3.05) is 7.11 Å². The summed E-state index contributed by atoms with van der Waals surface area (Å²) < 4.78 is 13.1. The van der Waals surface area contributed by atoms with Crippen LogP contribution in [0.25, 0.3) is 0 Å². The Hall–Kier alpha value is -3.34. The summed E-state index contributed by atoms with van der Waals surface area (Å²) in [5.74, 6) is 1.60. The number of pyridine rings is 1. The number of benzene rings is 2. The van der Waals surface area contributed by atoms with Crippen LogP contribution in [0.2, 0.25) is 0 Å². The summed E-state index contributed by atoms with van der Waals surface area (Å²) in [6, 6.07) is 17.5. The fourth-order valence-corrected chi connectivity index (χ4v) is 2.92. The molecule has 0 saturated carbocycles. The van der Waals surface area contributed by atoms with Crippen LogP contribution in [0.4, 0.5) is 0 Å². The molecule has 5 heteroatoms. The van der Waals surface area contributed by atoms with Gasteiger partial charge in [0.2, 0.25) is 0 Å². The zero-order chi connectivity index (χ0) is 19.4. The molecule has 0 spiro atoms. The zero-order valence-electron chi connectivity index (χ0n) is 15.6. The number of hydrogen-bond acceptors (Lipinski definition) is 4. The molecule has 0 fully saturated rings. The second-order valence-electron chi connectivity index (χ2n) is 6.26. The predicted molar refractivity (Wildman–Crippen MR) is 104 cm³/mol. The summed E-state index contributed by atoms with van der Waals surface area (Å²) in [4.78, 5) is 24.4. The minimum atomic E-state index is -0.0783. The number of ketones is 1. The maximum atomic E-state index is 12.8. The van der Waals surface area contributed by atoms with Crippen LogP contribution in [-0.2, 0) is 6.54 Å². The van der Waals surface area contributed by atoms with Crippen LogP contribution in [0, 0.1) is 13.8 Å². The Bertz CT molecular complexity index is 996. The van der Waals surface area contributed by atoms with Gasteiger partial charge in [-0.05, 0) is 44.2 Å². The van der Waals surface area contributed by atoms with Crippen molar-refractivity contribution in [3.05, 3.63) is 87.8 Å². The van der Waals surface area contributed by atoms with Crippen LogP contribution in [-0.4, -0.2) is 17.5 Å². The molecule has 0 unspecified atom stereocenters. The molecule has 1 aromatic heterocycles. The van der Waals surface area contributed by atoms with Gasteiger partial charge in [0.1, 0.15) is 5.75 Å². The van der Waals surface area contributed by atoms with Gasteiger partial charge >= 0.3 is 0 Å². The monoisotopic (exact) mass is 363 g/mol. The molecule has 0 bridgehead atoms. The predicted octanol–water partition coefficient (Wildman–Crippen LogP) is 4.15. The van der Waals surface area contributed by atoms with Gasteiger partial charge in [-0.2, -0.15) is 0 Å². The fourth-order valence-electron chi connectivity index (χ4n) is 2.92. The molecular formula is C22H21NO4. The lowest BCUT2D eigenvalue weighted by atomic mass is 10.1. The summed E-state index contributed by atoms with van der Waals surface area (Å²) in [7, 11) is 1.56. The van der Waals surface area contributed by atoms with Crippen molar-refractivity contribution in [3.63, 3.8) is 0 Å². The Kier molecular flexibility index (Phi) is 5.41. The molecule has 0 saturated heterocycles. The Labute approximate surface area is 157 Å². The van der Waals surface area contributed by atoms with Crippen LogP contribution < -0.4 is 14.9 Å². The number of rotatable bonds is 6. The molecule has 0 radical (unpaired) electrons. The number of Topliss-reactive ketones (excluding diaryl/α,β-unsaturated/α-hetero) is 1. The molecular weight excluding hydrogens is 342 g/mol. The highest BCUT2D eigenvalue weighted by Crippen LogP contribution is 2.32. The van der Waals surface area contributed by atoms with E-state index < -0.39 is 0 Å². The third kappa shape index (κ3) is 4.26. The van der Waals surface area contributed by atoms with Crippen molar-refractivity contribution in [1.29, 1.82) is 0 Å². The minimum absolute atomic E-state index is 0.0586. The van der Waals surface area contributed by atoms with Gasteiger partial charge in [-0.3, -0.25) is 9.59 Å². The van der Waals surface area contributed by atoms with Gasteiger partial charge in [-0.15, -0.1) is 0 Å². The molecule has 0 aliphatic carbocycles. The number of para-hydroxylation sites is 1. The molecule has 2 aromatic carbocycles. The normalized spacial score (nSPS) is 10.5. The van der Waals surface area contributed by atoms with Gasteiger partial charge in [0, 0.05) is 29.1 Å². The first kappa shape index (κ1) is 18.5. The van der Waals surface area contributed by atoms with Crippen LogP contribution in [0.5, 0.6) is 17.2 Å². The van der Waals surface area contributed by atoms with Crippen molar-refractivity contribution in [1.82, 2.24) is 4.57 Å². The number of carbonyl (C=O) groups excluding carboxylic acids is 1. The largest absolute Gasteiger partial charge is 0.493 e. The van der Waals surface area contributed by atoms with E-state index in [2.05, 4.69) is 0 Å². The van der Waals surface area contributed by atoms with E-state index in [0.29, 0.717) is 22.8 Å². The van der Waals surface area contributed by atoms with Gasteiger partial charge in [0.25, 0.3) is 0 Å². The molecule has 0 aliphatic heterocycles. The molecule has 1 heterocycles. The van der Waals surface area contributed by atoms with Crippen LogP contribution in [0.1, 0.15) is 21.7 Å². The number of ether oxygens (including phenoxy) is 2. The number of carbonyl (C=O) groups is 1. The smallest absolute Gasteiger partial charge is 0.182 e. The average molecular weight is 363 g/mol. The SMILES string of the molecule is COc1ccc(C(=O)Cn2c(C)cc(=O)cc2C)cc1Oc1ccccc1. The Morgan fingerprint density at radius 3 is 2.22 bits per heavy atom. The highest BCUT2D eigenvalue weighted by atomic mass is 16.5. The lowest BCUT2D eigenvalue weighted by molar-refractivity contribution is 0.0970. The maximum Gasteiger partial charge on any atom is 0.182 e. The zero-order valence-corrected chi connectivity index (χ0v) is 15.6. The van der Waals surface area contributed by atoms with Crippen LogP contribution in [0.15, 0.2) is 65.5 Å². The first-order valence-electron chi connectivity index (χ1n) is 8.60. The van der Waals surface area contributed by atoms with Crippen LogP contribution >= 0.6 is 0 Å². The van der Waals surface area contributed by atoms with Gasteiger partial charge in [-0.25, -0.2) is 0 Å². The van der Waals surface area contributed by atoms with E-state index in [1.807, 2.05) is 48.7 Å². The summed E-state index contributed by atoms with van der Waals surface area (Å²) in [6.07, 6.45) is 0. The lowest BCUT2D eigenvalue weighted by Crippen LogP contribution is -2.18. The molecule has 3 aromatic rings. The third-order valence-electron chi connectivity index (χ3n) is 4.31. The Morgan fingerprint density at radius 1 is 0.926 bits per heavy atom. The fraction of sp³-hybridized carbons (Fsp3) is 0.182. The van der Waals surface area contributed by atoms with E-state index in [4.69, 9.17) is 9.47 Å². The van der Waals surface area contributed by atoms with Crippen molar-refractivity contribution < 1.29 is 14.3 Å². The molecule has 0 amide bonds. The average Bonchev–Trinajstić information content (AvgIpc) is 2.65. The van der Waals surface area contributed by atoms with Crippen molar-refractivity contribution >= 4 is 5.78 Å². The van der Waals surface area contributed by atoms with Crippen molar-refractivity contribution in [2.45, 2.75) is 20.4 Å². The highest BCUT2D eigenvalue weighted by molar-refractivity contribution is 5.96. The van der Waals surface area contributed by atoms with E-state index in [1.54, 1.807) is 25.3 Å². The minimum Gasteiger partial charge on any atom is -0.493 e. The lowest BCUT2D eigenvalue weighted by Gasteiger charge is -2.15. The third-order valence-corrected chi connectivity index (χ3v) is 4.31. The molecule has 138 valence electrons. The summed E-state index contributed by atoms with van der Waals surface area (Å²) in [6.45, 7) is 3.79. The summed E-state index contributed by atoms with van der Waals surface area (Å²) in [5.41, 5.74) is 1.96. The number of methoxy groups -OCH3 is 1. The quantitative estimate of drug-likeness (QED) is 0.618. The van der Waals surface area contributed by atoms with Gasteiger partial charge < -0.3 is 14.0 Å².